The number of phenols is 1. The van der Waals surface area contributed by atoms with E-state index in [9.17, 15) is 18.3 Å². The second-order valence-corrected chi connectivity index (χ2v) is 12.6. The van der Waals surface area contributed by atoms with Crippen molar-refractivity contribution >= 4 is 21.2 Å². The monoisotopic (exact) mass is 442 g/mol. The molecule has 0 fully saturated rings. The quantitative estimate of drug-likeness (QED) is 0.569. The van der Waals surface area contributed by atoms with Gasteiger partial charge in [0.1, 0.15) is 18.0 Å². The lowest BCUT2D eigenvalue weighted by Crippen LogP contribution is -2.10. The van der Waals surface area contributed by atoms with Crippen molar-refractivity contribution < 1.29 is 23.0 Å². The number of nitrogens with zero attached hydrogens (tertiary/aromatic N) is 4. The number of aromatic nitrogens is 4. The SMILES string of the molecule is Cc1cc(C(F)(F)F)cc(O)c1-c1nc2nn(COCCS(C)(C)C)cc2nc1C. The zero-order valence-electron chi connectivity index (χ0n) is 17.5. The van der Waals surface area contributed by atoms with Crippen LogP contribution in [0.25, 0.3) is 22.4 Å². The Bertz CT molecular complexity index is 1050. The number of hydrogen-bond acceptors (Lipinski definition) is 5. The average molecular weight is 443 g/mol. The standard InChI is InChI=1S/C20H25F3N4O2S/c1-12-8-14(20(21,22)23)9-16(28)17(12)18-13(2)24-15-10-27(26-19(15)25-18)11-29-6-7-30(3,4)5/h8-10,28H,6-7,11H2,1-5H3. The van der Waals surface area contributed by atoms with Gasteiger partial charge in [-0.25, -0.2) is 24.7 Å². The number of phenolic OH excluding ortho intramolecular Hbond substituents is 1. The van der Waals surface area contributed by atoms with E-state index in [-0.39, 0.29) is 17.9 Å². The molecule has 6 nitrogen and oxygen atoms in total. The Hall–Kier alpha value is -2.33. The van der Waals surface area contributed by atoms with Crippen LogP contribution in [-0.2, 0) is 17.6 Å². The van der Waals surface area contributed by atoms with Crippen molar-refractivity contribution in [3.8, 4) is 17.0 Å². The molecule has 0 aliphatic heterocycles. The van der Waals surface area contributed by atoms with Crippen LogP contribution in [0.4, 0.5) is 13.2 Å². The number of aryl methyl sites for hydroxylation is 2. The van der Waals surface area contributed by atoms with Crippen LogP contribution in [0.2, 0.25) is 0 Å². The maximum absolute atomic E-state index is 13.0. The zero-order chi connectivity index (χ0) is 22.3. The molecule has 10 heteroatoms. The topological polar surface area (TPSA) is 73.1 Å². The van der Waals surface area contributed by atoms with Gasteiger partial charge >= 0.3 is 6.18 Å². The van der Waals surface area contributed by atoms with E-state index in [0.29, 0.717) is 35.2 Å². The van der Waals surface area contributed by atoms with Crippen molar-refractivity contribution in [3.05, 3.63) is 35.2 Å². The summed E-state index contributed by atoms with van der Waals surface area (Å²) in [5, 5.41) is 14.6. The van der Waals surface area contributed by atoms with E-state index in [0.717, 1.165) is 11.8 Å². The van der Waals surface area contributed by atoms with Crippen LogP contribution in [0.1, 0.15) is 16.8 Å². The maximum atomic E-state index is 13.0. The second-order valence-electron chi connectivity index (χ2n) is 8.05. The second kappa shape index (κ2) is 8.07. The predicted molar refractivity (Wildman–Crippen MR) is 113 cm³/mol. The van der Waals surface area contributed by atoms with Gasteiger partial charge in [-0.05, 0) is 50.3 Å². The molecule has 1 aromatic carbocycles. The molecule has 0 bridgehead atoms. The van der Waals surface area contributed by atoms with Crippen molar-refractivity contribution in [1.82, 2.24) is 19.7 Å². The molecular weight excluding hydrogens is 417 g/mol. The zero-order valence-corrected chi connectivity index (χ0v) is 18.4. The van der Waals surface area contributed by atoms with Crippen molar-refractivity contribution in [2.75, 3.05) is 31.1 Å². The minimum absolute atomic E-state index is 0.217. The van der Waals surface area contributed by atoms with Crippen molar-refractivity contribution in [3.63, 3.8) is 0 Å². The summed E-state index contributed by atoms with van der Waals surface area (Å²) < 4.78 is 46.3. The lowest BCUT2D eigenvalue weighted by molar-refractivity contribution is -0.137. The fraction of sp³-hybridized carbons (Fsp3) is 0.450. The summed E-state index contributed by atoms with van der Waals surface area (Å²) in [6.45, 7) is 4.07. The van der Waals surface area contributed by atoms with E-state index in [1.165, 1.54) is 6.92 Å². The molecule has 3 aromatic rings. The number of rotatable bonds is 6. The molecule has 0 aliphatic rings. The van der Waals surface area contributed by atoms with Gasteiger partial charge in [-0.2, -0.15) is 13.2 Å². The Kier molecular flexibility index (Phi) is 6.01. The van der Waals surface area contributed by atoms with Gasteiger partial charge in [0.25, 0.3) is 0 Å². The lowest BCUT2D eigenvalue weighted by atomic mass is 9.99. The number of benzene rings is 1. The smallest absolute Gasteiger partial charge is 0.416 e. The summed E-state index contributed by atoms with van der Waals surface area (Å²) in [6, 6.07) is 1.70. The molecule has 0 atom stereocenters. The van der Waals surface area contributed by atoms with Gasteiger partial charge in [-0.3, -0.25) is 0 Å². The van der Waals surface area contributed by atoms with E-state index in [4.69, 9.17) is 4.74 Å². The number of fused-ring (bicyclic) bond motifs is 1. The van der Waals surface area contributed by atoms with Crippen molar-refractivity contribution in [2.24, 2.45) is 0 Å². The number of alkyl halides is 3. The molecule has 2 heterocycles. The van der Waals surface area contributed by atoms with Gasteiger partial charge in [0.05, 0.1) is 29.8 Å². The first-order chi connectivity index (χ1) is 13.8. The Morgan fingerprint density at radius 1 is 1.13 bits per heavy atom. The number of aromatic hydroxyl groups is 1. The lowest BCUT2D eigenvalue weighted by Gasteiger charge is -2.24. The highest BCUT2D eigenvalue weighted by Crippen LogP contribution is 2.39. The van der Waals surface area contributed by atoms with Gasteiger partial charge in [0.2, 0.25) is 5.65 Å². The molecule has 164 valence electrons. The predicted octanol–water partition coefficient (Wildman–Crippen LogP) is 4.50. The minimum atomic E-state index is -4.54. The highest BCUT2D eigenvalue weighted by atomic mass is 32.3. The minimum Gasteiger partial charge on any atom is -0.507 e. The van der Waals surface area contributed by atoms with Gasteiger partial charge in [-0.15, -0.1) is 5.10 Å². The number of halogens is 3. The molecule has 0 unspecified atom stereocenters. The largest absolute Gasteiger partial charge is 0.507 e. The maximum Gasteiger partial charge on any atom is 0.416 e. The van der Waals surface area contributed by atoms with Crippen molar-refractivity contribution in [1.29, 1.82) is 0 Å². The van der Waals surface area contributed by atoms with Gasteiger partial charge in [0, 0.05) is 11.3 Å². The van der Waals surface area contributed by atoms with Gasteiger partial charge in [0.15, 0.2) is 0 Å². The molecule has 2 aromatic heterocycles. The molecule has 0 radical (unpaired) electrons. The first kappa shape index (κ1) is 22.4. The van der Waals surface area contributed by atoms with Crippen LogP contribution in [-0.4, -0.2) is 56.0 Å². The van der Waals surface area contributed by atoms with E-state index in [1.807, 2.05) is 0 Å². The molecule has 30 heavy (non-hydrogen) atoms. The van der Waals surface area contributed by atoms with Crippen molar-refractivity contribution in [2.45, 2.75) is 26.8 Å². The Balaban J connectivity index is 1.90. The summed E-state index contributed by atoms with van der Waals surface area (Å²) in [5.74, 6) is 0.492. The van der Waals surface area contributed by atoms with E-state index >= 15 is 0 Å². The van der Waals surface area contributed by atoms with Crippen LogP contribution in [0, 0.1) is 13.8 Å². The first-order valence-electron chi connectivity index (χ1n) is 9.22. The van der Waals surface area contributed by atoms with Gasteiger partial charge in [-0.1, -0.05) is 0 Å². The summed E-state index contributed by atoms with van der Waals surface area (Å²) >= 11 is 0. The summed E-state index contributed by atoms with van der Waals surface area (Å²) in [6.07, 6.45) is 3.82. The third kappa shape index (κ3) is 5.04. The Labute approximate surface area is 174 Å². The Morgan fingerprint density at radius 3 is 2.43 bits per heavy atom. The van der Waals surface area contributed by atoms with Crippen LogP contribution >= 0.6 is 10.0 Å². The molecule has 1 N–H and O–H groups in total. The van der Waals surface area contributed by atoms with Crippen LogP contribution in [0.5, 0.6) is 5.75 Å². The molecule has 0 saturated heterocycles. The fourth-order valence-corrected chi connectivity index (χ4v) is 3.61. The molecule has 0 amide bonds. The molecule has 0 saturated carbocycles. The van der Waals surface area contributed by atoms with Gasteiger partial charge < -0.3 is 9.84 Å². The van der Waals surface area contributed by atoms with E-state index in [1.54, 1.807) is 17.8 Å². The molecule has 0 aliphatic carbocycles. The van der Waals surface area contributed by atoms with E-state index < -0.39 is 27.5 Å². The van der Waals surface area contributed by atoms with Crippen LogP contribution in [0.15, 0.2) is 18.3 Å². The molecular formula is C20H25F3N4O2S. The third-order valence-corrected chi connectivity index (χ3v) is 5.91. The fourth-order valence-electron chi connectivity index (χ4n) is 2.99. The highest BCUT2D eigenvalue weighted by Gasteiger charge is 2.32. The highest BCUT2D eigenvalue weighted by molar-refractivity contribution is 8.32. The number of ether oxygens (including phenoxy) is 1. The first-order valence-corrected chi connectivity index (χ1v) is 12.2. The third-order valence-electron chi connectivity index (χ3n) is 4.51. The van der Waals surface area contributed by atoms with Crippen LogP contribution < -0.4 is 0 Å². The summed E-state index contributed by atoms with van der Waals surface area (Å²) in [5.41, 5.74) is 1.22. The Morgan fingerprint density at radius 2 is 1.83 bits per heavy atom. The summed E-state index contributed by atoms with van der Waals surface area (Å²) in [4.78, 5) is 8.92. The number of hydrogen-bond donors (Lipinski definition) is 1. The summed E-state index contributed by atoms with van der Waals surface area (Å²) in [7, 11) is -0.639. The average Bonchev–Trinajstić information content (AvgIpc) is 2.98. The molecule has 0 spiro atoms. The molecule has 3 rings (SSSR count). The normalized spacial score (nSPS) is 13.2. The van der Waals surface area contributed by atoms with E-state index in [2.05, 4.69) is 33.8 Å². The van der Waals surface area contributed by atoms with Crippen LogP contribution in [0.3, 0.4) is 0 Å².